The third-order valence-corrected chi connectivity index (χ3v) is 11.6. The molecule has 0 fully saturated rings. The SMILES string of the molecule is CC/C=C\C/C=C\C/C=C\C/C=C\C/C=C\C/C=C\C/C=C\CCCCCCCCCC(=O)OCC(COC(=O)CCCCCCCCCC)OC(=O)CCCCCCC/C=C\CCCCC. The maximum absolute atomic E-state index is 12.7. The van der Waals surface area contributed by atoms with Gasteiger partial charge in [-0.05, 0) is 103 Å². The molecule has 0 saturated carbocycles. The number of rotatable bonds is 49. The molecular weight excluding hydrogens is 829 g/mol. The highest BCUT2D eigenvalue weighted by Gasteiger charge is 2.19. The predicted molar refractivity (Wildman–Crippen MR) is 288 cm³/mol. The van der Waals surface area contributed by atoms with Crippen LogP contribution in [0.5, 0.6) is 0 Å². The van der Waals surface area contributed by atoms with Gasteiger partial charge in [0.1, 0.15) is 13.2 Å². The first-order valence-corrected chi connectivity index (χ1v) is 27.7. The Bertz CT molecular complexity index is 1350. The fourth-order valence-corrected chi connectivity index (χ4v) is 7.42. The normalized spacial score (nSPS) is 12.8. The summed E-state index contributed by atoms with van der Waals surface area (Å²) in [5.41, 5.74) is 0. The number of allylic oxidation sites excluding steroid dienone is 16. The smallest absolute Gasteiger partial charge is 0.306 e. The summed E-state index contributed by atoms with van der Waals surface area (Å²) < 4.78 is 16.7. The second-order valence-electron chi connectivity index (χ2n) is 18.1. The fraction of sp³-hybridized carbons (Fsp3) is 0.689. The first kappa shape index (κ1) is 63.3. The van der Waals surface area contributed by atoms with Crippen molar-refractivity contribution < 1.29 is 28.6 Å². The third-order valence-electron chi connectivity index (χ3n) is 11.6. The molecule has 0 aromatic heterocycles. The lowest BCUT2D eigenvalue weighted by Gasteiger charge is -2.18. The average Bonchev–Trinajstić information content (AvgIpc) is 3.33. The van der Waals surface area contributed by atoms with Crippen LogP contribution < -0.4 is 0 Å². The number of hydrogen-bond acceptors (Lipinski definition) is 6. The van der Waals surface area contributed by atoms with Gasteiger partial charge in [-0.3, -0.25) is 14.4 Å². The molecule has 0 aliphatic heterocycles. The highest BCUT2D eigenvalue weighted by atomic mass is 16.6. The lowest BCUT2D eigenvalue weighted by atomic mass is 10.1. The molecule has 6 nitrogen and oxygen atoms in total. The van der Waals surface area contributed by atoms with Gasteiger partial charge in [-0.25, -0.2) is 0 Å². The van der Waals surface area contributed by atoms with Gasteiger partial charge in [0.05, 0.1) is 0 Å². The maximum atomic E-state index is 12.7. The summed E-state index contributed by atoms with van der Waals surface area (Å²) in [5, 5.41) is 0. The molecule has 0 spiro atoms. The van der Waals surface area contributed by atoms with Crippen molar-refractivity contribution in [1.29, 1.82) is 0 Å². The van der Waals surface area contributed by atoms with E-state index in [2.05, 4.69) is 118 Å². The van der Waals surface area contributed by atoms with Crippen molar-refractivity contribution in [3.8, 4) is 0 Å². The van der Waals surface area contributed by atoms with Gasteiger partial charge in [0.25, 0.3) is 0 Å². The van der Waals surface area contributed by atoms with Gasteiger partial charge < -0.3 is 14.2 Å². The van der Waals surface area contributed by atoms with Crippen LogP contribution in [-0.2, 0) is 28.6 Å². The van der Waals surface area contributed by atoms with Crippen LogP contribution >= 0.6 is 0 Å². The molecule has 0 rings (SSSR count). The largest absolute Gasteiger partial charge is 0.462 e. The minimum atomic E-state index is -0.783. The molecule has 0 radical (unpaired) electrons. The zero-order valence-electron chi connectivity index (χ0n) is 43.6. The Balaban J connectivity index is 4.20. The van der Waals surface area contributed by atoms with Crippen LogP contribution in [0.1, 0.15) is 252 Å². The van der Waals surface area contributed by atoms with Crippen molar-refractivity contribution in [3.05, 3.63) is 97.2 Å². The molecule has 67 heavy (non-hydrogen) atoms. The minimum Gasteiger partial charge on any atom is -0.462 e. The molecular formula is C61H102O6. The Kier molecular flexibility index (Phi) is 51.9. The van der Waals surface area contributed by atoms with Gasteiger partial charge in [0.2, 0.25) is 0 Å². The molecule has 0 aromatic carbocycles. The summed E-state index contributed by atoms with van der Waals surface area (Å²) in [6, 6.07) is 0. The Morgan fingerprint density at radius 3 is 0.955 bits per heavy atom. The topological polar surface area (TPSA) is 78.9 Å². The van der Waals surface area contributed by atoms with Crippen LogP contribution in [-0.4, -0.2) is 37.2 Å². The molecule has 0 bridgehead atoms. The maximum Gasteiger partial charge on any atom is 0.306 e. The van der Waals surface area contributed by atoms with Crippen LogP contribution in [0.25, 0.3) is 0 Å². The number of carbonyl (C=O) groups excluding carboxylic acids is 3. The van der Waals surface area contributed by atoms with Gasteiger partial charge in [-0.2, -0.15) is 0 Å². The van der Waals surface area contributed by atoms with Gasteiger partial charge in [0.15, 0.2) is 6.10 Å². The van der Waals surface area contributed by atoms with Crippen LogP contribution in [0.3, 0.4) is 0 Å². The molecule has 0 aliphatic carbocycles. The zero-order chi connectivity index (χ0) is 48.6. The van der Waals surface area contributed by atoms with Gasteiger partial charge in [-0.15, -0.1) is 0 Å². The van der Waals surface area contributed by atoms with E-state index in [0.29, 0.717) is 19.3 Å². The lowest BCUT2D eigenvalue weighted by Crippen LogP contribution is -2.30. The average molecular weight is 931 g/mol. The van der Waals surface area contributed by atoms with Gasteiger partial charge >= 0.3 is 17.9 Å². The Hall–Kier alpha value is -3.67. The van der Waals surface area contributed by atoms with E-state index in [1.807, 2.05) is 0 Å². The summed E-state index contributed by atoms with van der Waals surface area (Å²) in [5.74, 6) is -0.910. The molecule has 1 unspecified atom stereocenters. The van der Waals surface area contributed by atoms with Gasteiger partial charge in [0, 0.05) is 19.3 Å². The monoisotopic (exact) mass is 931 g/mol. The molecule has 0 N–H and O–H groups in total. The lowest BCUT2D eigenvalue weighted by molar-refractivity contribution is -0.167. The number of unbranched alkanes of at least 4 members (excludes halogenated alkanes) is 22. The molecule has 0 aromatic rings. The first-order chi connectivity index (χ1) is 33.0. The summed E-state index contributed by atoms with van der Waals surface area (Å²) in [4.78, 5) is 37.9. The van der Waals surface area contributed by atoms with E-state index < -0.39 is 6.10 Å². The summed E-state index contributed by atoms with van der Waals surface area (Å²) in [7, 11) is 0. The minimum absolute atomic E-state index is 0.0832. The van der Waals surface area contributed by atoms with E-state index in [1.54, 1.807) is 0 Å². The Morgan fingerprint density at radius 1 is 0.313 bits per heavy atom. The molecule has 0 saturated heterocycles. The van der Waals surface area contributed by atoms with Gasteiger partial charge in [-0.1, -0.05) is 227 Å². The first-order valence-electron chi connectivity index (χ1n) is 27.7. The Morgan fingerprint density at radius 2 is 0.582 bits per heavy atom. The standard InChI is InChI=1S/C61H102O6/c1-4-7-10-13-16-19-21-23-24-25-26-27-28-29-30-31-32-33-34-35-36-37-38-39-41-42-45-48-51-54-60(63)66-57-58(56-65-59(62)53-50-47-44-18-15-12-9-6-3)67-61(64)55-52-49-46-43-40-22-20-17-14-11-8-5-2/h7,10,16-17,19-20,23-24,26-27,29-30,32-33,35-36,58H,4-6,8-9,11-15,18,21-22,25,28,31,34,37-57H2,1-3H3/b10-7-,19-16-,20-17-,24-23-,27-26-,30-29-,33-32-,36-35-. The van der Waals surface area contributed by atoms with Crippen LogP contribution in [0.2, 0.25) is 0 Å². The second kappa shape index (κ2) is 54.9. The highest BCUT2D eigenvalue weighted by Crippen LogP contribution is 2.14. The van der Waals surface area contributed by atoms with Crippen molar-refractivity contribution in [2.45, 2.75) is 258 Å². The van der Waals surface area contributed by atoms with Crippen LogP contribution in [0, 0.1) is 0 Å². The predicted octanol–water partition coefficient (Wildman–Crippen LogP) is 18.5. The molecule has 0 amide bonds. The van der Waals surface area contributed by atoms with E-state index in [1.165, 1.54) is 89.9 Å². The van der Waals surface area contributed by atoms with Crippen molar-refractivity contribution in [2.24, 2.45) is 0 Å². The Labute approximate surface area is 413 Å². The molecule has 0 aliphatic rings. The quantitative estimate of drug-likeness (QED) is 0.0262. The number of hydrogen-bond donors (Lipinski definition) is 0. The number of ether oxygens (including phenoxy) is 3. The summed E-state index contributed by atoms with van der Waals surface area (Å²) >= 11 is 0. The highest BCUT2D eigenvalue weighted by molar-refractivity contribution is 5.71. The summed E-state index contributed by atoms with van der Waals surface area (Å²) in [6.07, 6.45) is 72.7. The fourth-order valence-electron chi connectivity index (χ4n) is 7.42. The van der Waals surface area contributed by atoms with E-state index in [9.17, 15) is 14.4 Å². The van der Waals surface area contributed by atoms with Crippen molar-refractivity contribution in [3.63, 3.8) is 0 Å². The van der Waals surface area contributed by atoms with Crippen molar-refractivity contribution >= 4 is 17.9 Å². The number of carbonyl (C=O) groups is 3. The second-order valence-corrected chi connectivity index (χ2v) is 18.1. The van der Waals surface area contributed by atoms with Crippen molar-refractivity contribution in [1.82, 2.24) is 0 Å². The van der Waals surface area contributed by atoms with E-state index in [4.69, 9.17) is 14.2 Å². The van der Waals surface area contributed by atoms with E-state index >= 15 is 0 Å². The van der Waals surface area contributed by atoms with E-state index in [-0.39, 0.29) is 31.1 Å². The zero-order valence-corrected chi connectivity index (χ0v) is 43.6. The number of esters is 3. The molecule has 1 atom stereocenters. The molecule has 0 heterocycles. The molecule has 382 valence electrons. The summed E-state index contributed by atoms with van der Waals surface area (Å²) in [6.45, 7) is 6.45. The molecule has 6 heteroatoms. The van der Waals surface area contributed by atoms with E-state index in [0.717, 1.165) is 122 Å². The van der Waals surface area contributed by atoms with Crippen LogP contribution in [0.4, 0.5) is 0 Å². The van der Waals surface area contributed by atoms with Crippen molar-refractivity contribution in [2.75, 3.05) is 13.2 Å². The third kappa shape index (κ3) is 53.2. The van der Waals surface area contributed by atoms with Crippen LogP contribution in [0.15, 0.2) is 97.2 Å².